The second kappa shape index (κ2) is 8.85. The average molecular weight is 196 g/mol. The summed E-state index contributed by atoms with van der Waals surface area (Å²) in [6.07, 6.45) is 0. The van der Waals surface area contributed by atoms with Crippen LogP contribution in [0.1, 0.15) is 6.92 Å². The first-order valence-electron chi connectivity index (χ1n) is 1.02. The third-order valence-electron chi connectivity index (χ3n) is 0. The quantitative estimate of drug-likeness (QED) is 0.578. The molecule has 0 aliphatic rings. The summed E-state index contributed by atoms with van der Waals surface area (Å²) in [6.45, 7) is 1.93. The van der Waals surface area contributed by atoms with Gasteiger partial charge in [-0.15, -0.1) is 0 Å². The SMILES string of the molecule is CCO.[Sm]. The summed E-state index contributed by atoms with van der Waals surface area (Å²) in [5.74, 6) is 0. The molecule has 1 nitrogen and oxygen atoms in total. The third-order valence-corrected chi connectivity index (χ3v) is 0. The van der Waals surface area contributed by atoms with E-state index in [1.807, 2.05) is 0 Å². The molecule has 0 aromatic carbocycles. The van der Waals surface area contributed by atoms with Crippen molar-refractivity contribution in [1.29, 1.82) is 0 Å². The van der Waals surface area contributed by atoms with E-state index in [1.54, 1.807) is 6.92 Å². The van der Waals surface area contributed by atoms with Gasteiger partial charge < -0.3 is 5.11 Å². The van der Waals surface area contributed by atoms with E-state index in [1.165, 1.54) is 0 Å². The first-order valence-corrected chi connectivity index (χ1v) is 1.02. The number of rotatable bonds is 0. The molecule has 0 amide bonds. The van der Waals surface area contributed by atoms with E-state index in [0.717, 1.165) is 0 Å². The van der Waals surface area contributed by atoms with Gasteiger partial charge in [0.1, 0.15) is 0 Å². The Balaban J connectivity index is 0. The Labute approximate surface area is 58.5 Å². The fraction of sp³-hybridized carbons (Fsp3) is 1.00. The topological polar surface area (TPSA) is 20.2 Å². The molecule has 2 heteroatoms. The van der Waals surface area contributed by atoms with Crippen LogP contribution >= 0.6 is 0 Å². The number of aliphatic hydroxyl groups is 1. The van der Waals surface area contributed by atoms with E-state index in [4.69, 9.17) is 5.11 Å². The minimum absolute atomic E-state index is 0. The molecule has 0 spiro atoms. The van der Waals surface area contributed by atoms with E-state index in [0.29, 0.717) is 0 Å². The van der Waals surface area contributed by atoms with Crippen LogP contribution in [0.3, 0.4) is 0 Å². The Morgan fingerprint density at radius 1 is 1.75 bits per heavy atom. The van der Waals surface area contributed by atoms with Gasteiger partial charge in [0.2, 0.25) is 0 Å². The van der Waals surface area contributed by atoms with Gasteiger partial charge in [0.25, 0.3) is 0 Å². The van der Waals surface area contributed by atoms with Gasteiger partial charge in [-0.3, -0.25) is 0 Å². The maximum Gasteiger partial charge on any atom is 0.0402 e. The van der Waals surface area contributed by atoms with Crippen molar-refractivity contribution in [1.82, 2.24) is 0 Å². The first-order chi connectivity index (χ1) is 1.41. The second-order valence-corrected chi connectivity index (χ2v) is 0.316. The molecule has 1 N–H and O–H groups in total. The number of hydrogen-bond donors (Lipinski definition) is 1. The molecule has 0 atom stereocenters. The molecule has 0 fully saturated rings. The smallest absolute Gasteiger partial charge is 0.0402 e. The molecule has 0 unspecified atom stereocenters. The van der Waals surface area contributed by atoms with E-state index in [2.05, 4.69) is 0 Å². The van der Waals surface area contributed by atoms with E-state index in [9.17, 15) is 0 Å². The van der Waals surface area contributed by atoms with Gasteiger partial charge >= 0.3 is 0 Å². The summed E-state index contributed by atoms with van der Waals surface area (Å²) in [4.78, 5) is 0. The molecule has 0 bridgehead atoms. The van der Waals surface area contributed by atoms with Gasteiger partial charge in [-0.05, 0) is 6.92 Å². The van der Waals surface area contributed by atoms with E-state index >= 15 is 0 Å². The maximum atomic E-state index is 7.57. The van der Waals surface area contributed by atoms with Crippen LogP contribution in [0, 0.1) is 40.4 Å². The van der Waals surface area contributed by atoms with Crippen LogP contribution in [0.5, 0.6) is 0 Å². The molecule has 0 aliphatic carbocycles. The van der Waals surface area contributed by atoms with E-state index in [-0.39, 0.29) is 47.0 Å². The summed E-state index contributed by atoms with van der Waals surface area (Å²) in [5, 5.41) is 7.57. The molecule has 4 heavy (non-hydrogen) atoms. The zero-order valence-electron chi connectivity index (χ0n) is 2.56. The fourth-order valence-electron chi connectivity index (χ4n) is 0. The molecule has 0 aliphatic heterocycles. The van der Waals surface area contributed by atoms with Gasteiger partial charge in [0.15, 0.2) is 0 Å². The van der Waals surface area contributed by atoms with Crippen molar-refractivity contribution >= 4 is 0 Å². The summed E-state index contributed by atoms with van der Waals surface area (Å²) in [6, 6.07) is 0. The van der Waals surface area contributed by atoms with Crippen molar-refractivity contribution in [3.05, 3.63) is 0 Å². The Kier molecular flexibility index (Phi) is 19.9. The Morgan fingerprint density at radius 3 is 1.75 bits per heavy atom. The van der Waals surface area contributed by atoms with Crippen molar-refractivity contribution in [3.63, 3.8) is 0 Å². The van der Waals surface area contributed by atoms with Gasteiger partial charge in [-0.2, -0.15) is 0 Å². The van der Waals surface area contributed by atoms with Crippen molar-refractivity contribution in [2.24, 2.45) is 0 Å². The van der Waals surface area contributed by atoms with Crippen molar-refractivity contribution in [2.75, 3.05) is 6.61 Å². The normalized spacial score (nSPS) is 4.50. The molecule has 0 rings (SSSR count). The van der Waals surface area contributed by atoms with Crippen LogP contribution in [0.25, 0.3) is 0 Å². The second-order valence-electron chi connectivity index (χ2n) is 0.316. The largest absolute Gasteiger partial charge is 0.397 e. The van der Waals surface area contributed by atoms with Crippen LogP contribution < -0.4 is 0 Å². The van der Waals surface area contributed by atoms with Crippen molar-refractivity contribution < 1.29 is 45.5 Å². The fourth-order valence-corrected chi connectivity index (χ4v) is 0. The molecule has 0 saturated carbocycles. The van der Waals surface area contributed by atoms with Gasteiger partial charge in [0.05, 0.1) is 0 Å². The van der Waals surface area contributed by atoms with Crippen LogP contribution in [-0.2, 0) is 0 Å². The molecule has 0 aromatic heterocycles. The van der Waals surface area contributed by atoms with Gasteiger partial charge in [-0.1, -0.05) is 0 Å². The average Bonchev–Trinajstić information content (AvgIpc) is 0.918. The number of aliphatic hydroxyl groups excluding tert-OH is 1. The summed E-state index contributed by atoms with van der Waals surface area (Å²) in [5.41, 5.74) is 0. The molecule has 0 aromatic rings. The Bertz CT molecular complexity index is 6.00. The van der Waals surface area contributed by atoms with Crippen molar-refractivity contribution in [3.8, 4) is 0 Å². The van der Waals surface area contributed by atoms with Gasteiger partial charge in [-0.25, -0.2) is 0 Å². The summed E-state index contributed by atoms with van der Waals surface area (Å²) in [7, 11) is 0. The van der Waals surface area contributed by atoms with Crippen LogP contribution in [-0.4, -0.2) is 11.7 Å². The monoisotopic (exact) mass is 198 g/mol. The zero-order chi connectivity index (χ0) is 2.71. The minimum atomic E-state index is 0. The molecule has 0 saturated heterocycles. The predicted molar refractivity (Wildman–Crippen MR) is 12.8 cm³/mol. The Hall–Kier alpha value is 1.30. The van der Waals surface area contributed by atoms with Gasteiger partial charge in [0, 0.05) is 47.0 Å². The molecular formula is C2H6OSm. The first kappa shape index (κ1) is 9.00. The Morgan fingerprint density at radius 2 is 1.75 bits per heavy atom. The van der Waals surface area contributed by atoms with Crippen LogP contribution in [0.4, 0.5) is 0 Å². The van der Waals surface area contributed by atoms with Crippen molar-refractivity contribution in [2.45, 2.75) is 6.92 Å². The maximum absolute atomic E-state index is 7.57. The predicted octanol–water partition coefficient (Wildman–Crippen LogP) is -0.00140. The molecule has 0 heterocycles. The van der Waals surface area contributed by atoms with Crippen LogP contribution in [0.2, 0.25) is 0 Å². The van der Waals surface area contributed by atoms with E-state index < -0.39 is 0 Å². The standard InChI is InChI=1S/C2H6O.Sm/c1-2-3;/h3H,2H2,1H3;. The number of hydrogen-bond acceptors (Lipinski definition) is 1. The molecule has 0 radical (unpaired) electrons. The molecule has 26 valence electrons. The molecular weight excluding hydrogens is 190 g/mol. The zero-order valence-corrected chi connectivity index (χ0v) is 5.18. The van der Waals surface area contributed by atoms with Crippen LogP contribution in [0.15, 0.2) is 0 Å². The summed E-state index contributed by atoms with van der Waals surface area (Å²) >= 11 is 0. The minimum Gasteiger partial charge on any atom is -0.397 e. The summed E-state index contributed by atoms with van der Waals surface area (Å²) < 4.78 is 0. The third kappa shape index (κ3) is 10.3.